The number of carbonyl (C=O) groups excluding carboxylic acids is 2. The quantitative estimate of drug-likeness (QED) is 0.793. The van der Waals surface area contributed by atoms with E-state index in [0.717, 1.165) is 11.3 Å². The summed E-state index contributed by atoms with van der Waals surface area (Å²) in [6.45, 7) is 1.97. The number of ether oxygens (including phenoxy) is 1. The molecule has 1 aliphatic rings. The van der Waals surface area contributed by atoms with Crippen molar-refractivity contribution in [2.24, 2.45) is 4.99 Å². The van der Waals surface area contributed by atoms with E-state index >= 15 is 0 Å². The van der Waals surface area contributed by atoms with E-state index in [1.54, 1.807) is 18.2 Å². The number of amides is 2. The molecule has 0 saturated carbocycles. The number of carbonyl (C=O) groups is 2. The summed E-state index contributed by atoms with van der Waals surface area (Å²) in [7, 11) is 1.52. The van der Waals surface area contributed by atoms with Gasteiger partial charge >= 0.3 is 0 Å². The monoisotopic (exact) mass is 403 g/mol. The van der Waals surface area contributed by atoms with Gasteiger partial charge in [-0.2, -0.15) is 0 Å². The maximum atomic E-state index is 12.3. The average molecular weight is 404 g/mol. The lowest BCUT2D eigenvalue weighted by molar-refractivity contribution is -0.122. The second-order valence-corrected chi connectivity index (χ2v) is 7.55. The van der Waals surface area contributed by atoms with E-state index in [1.807, 2.05) is 31.2 Å². The van der Waals surface area contributed by atoms with Gasteiger partial charge in [0.05, 0.1) is 17.8 Å². The van der Waals surface area contributed by atoms with E-state index in [1.165, 1.54) is 18.9 Å². The van der Waals surface area contributed by atoms with Crippen molar-refractivity contribution >= 4 is 51.7 Å². The highest BCUT2D eigenvalue weighted by atomic mass is 35.5. The van der Waals surface area contributed by atoms with Gasteiger partial charge in [-0.25, -0.2) is 4.99 Å². The highest BCUT2D eigenvalue weighted by Gasteiger charge is 2.32. The van der Waals surface area contributed by atoms with Crippen LogP contribution in [0.25, 0.3) is 0 Å². The summed E-state index contributed by atoms with van der Waals surface area (Å²) >= 11 is 7.30. The molecule has 1 fully saturated rings. The predicted molar refractivity (Wildman–Crippen MR) is 109 cm³/mol. The third kappa shape index (κ3) is 5.02. The van der Waals surface area contributed by atoms with Crippen LogP contribution in [0.3, 0.4) is 0 Å². The molecule has 6 nitrogen and oxygen atoms in total. The molecular weight excluding hydrogens is 386 g/mol. The second-order valence-electron chi connectivity index (χ2n) is 5.95. The van der Waals surface area contributed by atoms with Gasteiger partial charge in [0.1, 0.15) is 11.0 Å². The van der Waals surface area contributed by atoms with Gasteiger partial charge in [-0.3, -0.25) is 9.59 Å². The highest BCUT2D eigenvalue weighted by molar-refractivity contribution is 8.15. The number of aliphatic imine (C=N–C) groups is 1. The third-order valence-electron chi connectivity index (χ3n) is 3.82. The molecule has 2 aromatic rings. The molecule has 1 aliphatic heterocycles. The Balaban J connectivity index is 1.61. The fraction of sp³-hybridized carbons (Fsp3) is 0.211. The van der Waals surface area contributed by atoms with Crippen LogP contribution in [-0.2, 0) is 9.59 Å². The average Bonchev–Trinajstić information content (AvgIpc) is 2.94. The number of hydrogen-bond donors (Lipinski definition) is 2. The van der Waals surface area contributed by atoms with Gasteiger partial charge in [0.15, 0.2) is 5.17 Å². The number of rotatable bonds is 5. The molecule has 2 amide bonds. The Morgan fingerprint density at radius 1 is 1.33 bits per heavy atom. The molecule has 0 unspecified atom stereocenters. The van der Waals surface area contributed by atoms with Gasteiger partial charge in [0.25, 0.3) is 0 Å². The lowest BCUT2D eigenvalue weighted by atomic mass is 10.2. The summed E-state index contributed by atoms with van der Waals surface area (Å²) in [5.41, 5.74) is 2.39. The number of amidine groups is 1. The van der Waals surface area contributed by atoms with Crippen LogP contribution < -0.4 is 15.4 Å². The van der Waals surface area contributed by atoms with E-state index in [9.17, 15) is 9.59 Å². The number of nitrogens with one attached hydrogen (secondary N) is 2. The molecule has 1 atom stereocenters. The topological polar surface area (TPSA) is 79.8 Å². The Kier molecular flexibility index (Phi) is 6.03. The summed E-state index contributed by atoms with van der Waals surface area (Å²) in [4.78, 5) is 28.8. The lowest BCUT2D eigenvalue weighted by Gasteiger charge is -2.09. The maximum Gasteiger partial charge on any atom is 0.240 e. The maximum absolute atomic E-state index is 12.3. The van der Waals surface area contributed by atoms with Crippen molar-refractivity contribution in [3.8, 4) is 5.75 Å². The van der Waals surface area contributed by atoms with Crippen molar-refractivity contribution in [1.29, 1.82) is 0 Å². The van der Waals surface area contributed by atoms with E-state index in [-0.39, 0.29) is 18.2 Å². The number of methoxy groups -OCH3 is 1. The minimum Gasteiger partial charge on any atom is -0.495 e. The van der Waals surface area contributed by atoms with Gasteiger partial charge in [0.2, 0.25) is 11.8 Å². The molecule has 0 spiro atoms. The molecule has 8 heteroatoms. The number of halogens is 1. The van der Waals surface area contributed by atoms with Crippen LogP contribution in [0.2, 0.25) is 5.02 Å². The highest BCUT2D eigenvalue weighted by Crippen LogP contribution is 2.28. The van der Waals surface area contributed by atoms with Crippen LogP contribution in [0.15, 0.2) is 47.5 Å². The Bertz CT molecular complexity index is 917. The van der Waals surface area contributed by atoms with E-state index in [2.05, 4.69) is 15.6 Å². The molecule has 27 heavy (non-hydrogen) atoms. The van der Waals surface area contributed by atoms with Gasteiger partial charge in [-0.05, 0) is 42.8 Å². The first-order chi connectivity index (χ1) is 12.9. The van der Waals surface area contributed by atoms with Crippen molar-refractivity contribution in [1.82, 2.24) is 5.32 Å². The first-order valence-corrected chi connectivity index (χ1v) is 9.46. The zero-order valence-electron chi connectivity index (χ0n) is 14.8. The fourth-order valence-corrected chi connectivity index (χ4v) is 3.78. The lowest BCUT2D eigenvalue weighted by Crippen LogP contribution is -2.28. The van der Waals surface area contributed by atoms with Crippen molar-refractivity contribution in [2.45, 2.75) is 18.6 Å². The Hall–Kier alpha value is -2.51. The molecule has 0 radical (unpaired) electrons. The molecule has 1 heterocycles. The minimum atomic E-state index is -0.526. The van der Waals surface area contributed by atoms with Crippen molar-refractivity contribution in [3.63, 3.8) is 0 Å². The van der Waals surface area contributed by atoms with E-state index in [4.69, 9.17) is 16.3 Å². The molecule has 0 aromatic heterocycles. The molecule has 2 N–H and O–H groups in total. The molecule has 3 rings (SSSR count). The van der Waals surface area contributed by atoms with E-state index < -0.39 is 5.25 Å². The number of aryl methyl sites for hydroxylation is 1. The summed E-state index contributed by atoms with van der Waals surface area (Å²) in [5.74, 6) is 0.0207. The van der Waals surface area contributed by atoms with Gasteiger partial charge < -0.3 is 15.4 Å². The second kappa shape index (κ2) is 8.45. The first-order valence-electron chi connectivity index (χ1n) is 8.21. The van der Waals surface area contributed by atoms with Crippen molar-refractivity contribution < 1.29 is 14.3 Å². The summed E-state index contributed by atoms with van der Waals surface area (Å²) in [5, 5.41) is 5.83. The Morgan fingerprint density at radius 2 is 2.15 bits per heavy atom. The number of benzene rings is 2. The minimum absolute atomic E-state index is 0.0347. The van der Waals surface area contributed by atoms with Crippen LogP contribution in [0.5, 0.6) is 5.75 Å². The Morgan fingerprint density at radius 3 is 2.85 bits per heavy atom. The molecule has 140 valence electrons. The Labute approximate surface area is 166 Å². The molecule has 0 aliphatic carbocycles. The molecule has 0 bridgehead atoms. The number of anilines is 1. The number of hydrogen-bond acceptors (Lipinski definition) is 5. The van der Waals surface area contributed by atoms with Crippen LogP contribution in [-0.4, -0.2) is 29.3 Å². The smallest absolute Gasteiger partial charge is 0.240 e. The summed E-state index contributed by atoms with van der Waals surface area (Å²) in [6.07, 6.45) is 0.0347. The molecular formula is C19H18ClN3O3S. The zero-order valence-corrected chi connectivity index (χ0v) is 16.4. The predicted octanol–water partition coefficient (Wildman–Crippen LogP) is 3.90. The van der Waals surface area contributed by atoms with Crippen molar-refractivity contribution in [3.05, 3.63) is 53.1 Å². The van der Waals surface area contributed by atoms with E-state index in [0.29, 0.717) is 21.6 Å². The number of thioether (sulfide) groups is 1. The third-order valence-corrected chi connectivity index (χ3v) is 5.19. The van der Waals surface area contributed by atoms with Gasteiger partial charge in [-0.1, -0.05) is 35.5 Å². The molecule has 2 aromatic carbocycles. The summed E-state index contributed by atoms with van der Waals surface area (Å²) in [6, 6.07) is 12.6. The van der Waals surface area contributed by atoms with Crippen LogP contribution in [0.1, 0.15) is 12.0 Å². The summed E-state index contributed by atoms with van der Waals surface area (Å²) < 4.78 is 5.08. The van der Waals surface area contributed by atoms with Crippen LogP contribution in [0.4, 0.5) is 11.4 Å². The van der Waals surface area contributed by atoms with Gasteiger partial charge in [-0.15, -0.1) is 0 Å². The standard InChI is InChI=1S/C19H18ClN3O3S/c1-11-4-3-5-12(8-11)22-19-23-18(25)16(27-19)10-17(24)21-13-6-7-15(26-2)14(20)9-13/h3-9,16H,10H2,1-2H3,(H,21,24)(H,22,23,25)/t16-/m0/s1. The normalized spacial score (nSPS) is 17.7. The van der Waals surface area contributed by atoms with Crippen LogP contribution in [0, 0.1) is 6.92 Å². The SMILES string of the molecule is COc1ccc(NC(=O)C[C@@H]2SC(=Nc3cccc(C)c3)NC2=O)cc1Cl. The largest absolute Gasteiger partial charge is 0.495 e. The van der Waals surface area contributed by atoms with Gasteiger partial charge in [0, 0.05) is 12.1 Å². The van der Waals surface area contributed by atoms with Crippen molar-refractivity contribution in [2.75, 3.05) is 12.4 Å². The first kappa shape index (κ1) is 19.3. The molecule has 1 saturated heterocycles. The van der Waals surface area contributed by atoms with Crippen LogP contribution >= 0.6 is 23.4 Å². The number of nitrogens with zero attached hydrogens (tertiary/aromatic N) is 1. The zero-order chi connectivity index (χ0) is 19.4. The fourth-order valence-electron chi connectivity index (χ4n) is 2.53.